The minimum atomic E-state index is -3.41. The molecule has 0 aliphatic rings. The Morgan fingerprint density at radius 1 is 1.32 bits per heavy atom. The van der Waals surface area contributed by atoms with Crippen molar-refractivity contribution in [3.05, 3.63) is 45.7 Å². The molecule has 22 heavy (non-hydrogen) atoms. The van der Waals surface area contributed by atoms with E-state index in [1.54, 1.807) is 0 Å². The molecule has 0 aliphatic heterocycles. The Morgan fingerprint density at radius 3 is 2.64 bits per heavy atom. The maximum absolute atomic E-state index is 13.5. The van der Waals surface area contributed by atoms with E-state index in [4.69, 9.17) is 4.74 Å². The molecule has 118 valence electrons. The molecule has 1 aromatic carbocycles. The molecule has 0 aliphatic carbocycles. The van der Waals surface area contributed by atoms with Gasteiger partial charge in [-0.3, -0.25) is 4.72 Å². The Balaban J connectivity index is 2.23. The van der Waals surface area contributed by atoms with Gasteiger partial charge in [0.2, 0.25) is 15.9 Å². The minimum Gasteiger partial charge on any atom is -0.435 e. The fraction of sp³-hybridized carbons (Fsp3) is 0.154. The Morgan fingerprint density at radius 2 is 2.05 bits per heavy atom. The molecule has 0 fully saturated rings. The van der Waals surface area contributed by atoms with Crippen LogP contribution in [0.1, 0.15) is 6.92 Å². The average molecular weight is 440 g/mol. The number of sulfonamides is 1. The van der Waals surface area contributed by atoms with E-state index in [0.29, 0.717) is 9.64 Å². The van der Waals surface area contributed by atoms with E-state index < -0.39 is 21.7 Å². The van der Waals surface area contributed by atoms with Gasteiger partial charge in [-0.2, -0.15) is 0 Å². The van der Waals surface area contributed by atoms with Gasteiger partial charge in [0, 0.05) is 6.07 Å². The average Bonchev–Trinajstić information content (AvgIpc) is 2.44. The maximum atomic E-state index is 13.5. The lowest BCUT2D eigenvalue weighted by Gasteiger charge is -2.10. The molecular weight excluding hydrogens is 429 g/mol. The molecule has 2 rings (SSSR count). The Bertz CT molecular complexity index is 800. The molecule has 1 aromatic heterocycles. The van der Waals surface area contributed by atoms with Gasteiger partial charge in [0.1, 0.15) is 5.82 Å². The molecule has 9 heteroatoms. The monoisotopic (exact) mass is 440 g/mol. The summed E-state index contributed by atoms with van der Waals surface area (Å²) in [4.78, 5) is 3.94. The topological polar surface area (TPSA) is 68.3 Å². The summed E-state index contributed by atoms with van der Waals surface area (Å²) in [6.45, 7) is 1.51. The molecule has 0 atom stereocenters. The van der Waals surface area contributed by atoms with Gasteiger partial charge in [0.05, 0.1) is 21.2 Å². The van der Waals surface area contributed by atoms with E-state index in [-0.39, 0.29) is 23.1 Å². The van der Waals surface area contributed by atoms with E-state index >= 15 is 0 Å². The lowest BCUT2D eigenvalue weighted by Crippen LogP contribution is -2.14. The van der Waals surface area contributed by atoms with Crippen molar-refractivity contribution in [1.82, 2.24) is 4.98 Å². The molecule has 0 radical (unpaired) electrons. The first-order chi connectivity index (χ1) is 10.3. The van der Waals surface area contributed by atoms with Crippen LogP contribution in [0.5, 0.6) is 11.6 Å². The summed E-state index contributed by atoms with van der Waals surface area (Å²) in [6.07, 6.45) is 1.26. The normalized spacial score (nSPS) is 11.3. The number of nitrogens with zero attached hydrogens (tertiary/aromatic N) is 1. The summed E-state index contributed by atoms with van der Waals surface area (Å²) >= 11 is 1.88. The molecule has 0 saturated carbocycles. The molecule has 0 spiro atoms. The third kappa shape index (κ3) is 4.26. The Kier molecular flexibility index (Phi) is 5.16. The first-order valence-electron chi connectivity index (χ1n) is 6.09. The third-order valence-corrected chi connectivity index (χ3v) is 4.64. The van der Waals surface area contributed by atoms with Crippen LogP contribution in [0.3, 0.4) is 0 Å². The van der Waals surface area contributed by atoms with Crippen molar-refractivity contribution in [2.24, 2.45) is 0 Å². The Hall–Kier alpha value is -1.49. The van der Waals surface area contributed by atoms with Crippen LogP contribution in [-0.2, 0) is 10.0 Å². The van der Waals surface area contributed by atoms with Crippen molar-refractivity contribution < 1.29 is 21.9 Å². The molecule has 0 unspecified atom stereocenters. The second-order valence-corrected chi connectivity index (χ2v) is 7.37. The van der Waals surface area contributed by atoms with Gasteiger partial charge < -0.3 is 4.74 Å². The second-order valence-electron chi connectivity index (χ2n) is 4.19. The zero-order valence-electron chi connectivity index (χ0n) is 11.3. The van der Waals surface area contributed by atoms with Crippen LogP contribution in [0.2, 0.25) is 0 Å². The van der Waals surface area contributed by atoms with Crippen molar-refractivity contribution in [3.8, 4) is 11.6 Å². The van der Waals surface area contributed by atoms with E-state index in [0.717, 1.165) is 12.1 Å². The zero-order chi connectivity index (χ0) is 16.3. The summed E-state index contributed by atoms with van der Waals surface area (Å²) in [6, 6.07) is 4.41. The van der Waals surface area contributed by atoms with Crippen molar-refractivity contribution in [1.29, 1.82) is 0 Å². The van der Waals surface area contributed by atoms with Gasteiger partial charge in [-0.15, -0.1) is 0 Å². The smallest absolute Gasteiger partial charge is 0.233 e. The summed E-state index contributed by atoms with van der Waals surface area (Å²) < 4.78 is 57.4. The molecule has 5 nitrogen and oxygen atoms in total. The summed E-state index contributed by atoms with van der Waals surface area (Å²) in [5.41, 5.74) is 0.276. The molecule has 1 heterocycles. The van der Waals surface area contributed by atoms with Crippen LogP contribution >= 0.6 is 22.6 Å². The number of ether oxygens (including phenoxy) is 1. The summed E-state index contributed by atoms with van der Waals surface area (Å²) in [7, 11) is -3.41. The van der Waals surface area contributed by atoms with Gasteiger partial charge in [-0.25, -0.2) is 22.2 Å². The molecule has 1 N–H and O–H groups in total. The number of halogens is 3. The number of hydrogen-bond donors (Lipinski definition) is 1. The predicted molar refractivity (Wildman–Crippen MR) is 86.5 cm³/mol. The zero-order valence-corrected chi connectivity index (χ0v) is 14.3. The highest BCUT2D eigenvalue weighted by Gasteiger charge is 2.12. The van der Waals surface area contributed by atoms with Gasteiger partial charge in [-0.1, -0.05) is 0 Å². The predicted octanol–water partition coefficient (Wildman–Crippen LogP) is 3.52. The maximum Gasteiger partial charge on any atom is 0.233 e. The number of anilines is 1. The highest BCUT2D eigenvalue weighted by Crippen LogP contribution is 2.28. The first-order valence-corrected chi connectivity index (χ1v) is 8.83. The number of hydrogen-bond acceptors (Lipinski definition) is 4. The fourth-order valence-corrected chi connectivity index (χ4v) is 2.67. The van der Waals surface area contributed by atoms with Crippen LogP contribution in [-0.4, -0.2) is 19.2 Å². The molecular formula is C13H11F2IN2O3S. The van der Waals surface area contributed by atoms with Crippen LogP contribution in [0, 0.1) is 15.2 Å². The van der Waals surface area contributed by atoms with Crippen LogP contribution in [0.4, 0.5) is 14.5 Å². The number of nitrogens with one attached hydrogen (secondary N) is 1. The van der Waals surface area contributed by atoms with Gasteiger partial charge in [0.15, 0.2) is 11.6 Å². The first kappa shape index (κ1) is 16.9. The standard InChI is InChI=1S/C13H11F2IN2O3S/c1-2-22(19,20)18-9-6-11(16)13(17-7-9)21-12-4-3-8(14)5-10(12)15/h3-7,18H,2H2,1H3. The lowest BCUT2D eigenvalue weighted by atomic mass is 10.3. The quantitative estimate of drug-likeness (QED) is 0.723. The van der Waals surface area contributed by atoms with Crippen LogP contribution < -0.4 is 9.46 Å². The largest absolute Gasteiger partial charge is 0.435 e. The number of rotatable bonds is 5. The van der Waals surface area contributed by atoms with Crippen LogP contribution in [0.25, 0.3) is 0 Å². The SMILES string of the molecule is CCS(=O)(=O)Nc1cnc(Oc2ccc(F)cc2F)c(I)c1. The van der Waals surface area contributed by atoms with Crippen molar-refractivity contribution in [3.63, 3.8) is 0 Å². The van der Waals surface area contributed by atoms with Crippen LogP contribution in [0.15, 0.2) is 30.5 Å². The number of pyridine rings is 1. The number of benzene rings is 1. The van der Waals surface area contributed by atoms with Gasteiger partial charge >= 0.3 is 0 Å². The highest BCUT2D eigenvalue weighted by atomic mass is 127. The van der Waals surface area contributed by atoms with E-state index in [9.17, 15) is 17.2 Å². The minimum absolute atomic E-state index is 0.0668. The molecule has 0 saturated heterocycles. The number of aromatic nitrogens is 1. The third-order valence-electron chi connectivity index (χ3n) is 2.56. The van der Waals surface area contributed by atoms with E-state index in [2.05, 4.69) is 9.71 Å². The summed E-state index contributed by atoms with van der Waals surface area (Å²) in [5.74, 6) is -1.72. The molecule has 0 bridgehead atoms. The summed E-state index contributed by atoms with van der Waals surface area (Å²) in [5, 5.41) is 0. The van der Waals surface area contributed by atoms with E-state index in [1.807, 2.05) is 22.6 Å². The van der Waals surface area contributed by atoms with Crippen molar-refractivity contribution in [2.75, 3.05) is 10.5 Å². The van der Waals surface area contributed by atoms with Gasteiger partial charge in [0.25, 0.3) is 0 Å². The fourth-order valence-electron chi connectivity index (χ4n) is 1.47. The second kappa shape index (κ2) is 6.73. The lowest BCUT2D eigenvalue weighted by molar-refractivity contribution is 0.421. The van der Waals surface area contributed by atoms with Crippen molar-refractivity contribution in [2.45, 2.75) is 6.92 Å². The molecule has 2 aromatic rings. The van der Waals surface area contributed by atoms with Crippen molar-refractivity contribution >= 4 is 38.3 Å². The highest BCUT2D eigenvalue weighted by molar-refractivity contribution is 14.1. The van der Waals surface area contributed by atoms with Gasteiger partial charge in [-0.05, 0) is 47.7 Å². The van der Waals surface area contributed by atoms with E-state index in [1.165, 1.54) is 19.2 Å². The molecule has 0 amide bonds. The Labute approximate surface area is 139 Å².